The molecule has 0 unspecified atom stereocenters. The lowest BCUT2D eigenvalue weighted by molar-refractivity contribution is 0.242. The lowest BCUT2D eigenvalue weighted by atomic mass is 10.0. The third kappa shape index (κ3) is 1.50. The van der Waals surface area contributed by atoms with E-state index in [9.17, 15) is 0 Å². The molecule has 2 N–H and O–H groups in total. The largest absolute Gasteiger partial charge is 0.330 e. The molecule has 0 saturated carbocycles. The molecule has 1 fully saturated rings. The number of likely N-dealkylation sites (tertiary alicyclic amines) is 1. The second-order valence-corrected chi connectivity index (χ2v) is 3.40. The second-order valence-electron chi connectivity index (χ2n) is 3.40. The molecule has 2 atom stereocenters. The highest BCUT2D eigenvalue weighted by Crippen LogP contribution is 2.20. The van der Waals surface area contributed by atoms with Crippen LogP contribution >= 0.6 is 0 Å². The van der Waals surface area contributed by atoms with Gasteiger partial charge in [-0.25, -0.2) is 0 Å². The van der Waals surface area contributed by atoms with Crippen LogP contribution in [0.25, 0.3) is 0 Å². The molecule has 0 aromatic heterocycles. The van der Waals surface area contributed by atoms with E-state index >= 15 is 0 Å². The predicted molar refractivity (Wildman–Crippen MR) is 43.9 cm³/mol. The van der Waals surface area contributed by atoms with Gasteiger partial charge in [0, 0.05) is 6.04 Å². The first-order valence-electron chi connectivity index (χ1n) is 4.16. The Morgan fingerprint density at radius 1 is 1.70 bits per heavy atom. The van der Waals surface area contributed by atoms with Crippen molar-refractivity contribution in [3.8, 4) is 0 Å². The van der Waals surface area contributed by atoms with Gasteiger partial charge in [-0.1, -0.05) is 6.92 Å². The number of rotatable bonds is 2. The lowest BCUT2D eigenvalue weighted by Crippen LogP contribution is -2.34. The van der Waals surface area contributed by atoms with Gasteiger partial charge in [0.15, 0.2) is 0 Å². The molecule has 0 aromatic carbocycles. The maximum atomic E-state index is 5.59. The van der Waals surface area contributed by atoms with Crippen LogP contribution in [0.3, 0.4) is 0 Å². The van der Waals surface area contributed by atoms with E-state index in [4.69, 9.17) is 5.73 Å². The molecule has 0 radical (unpaired) electrons. The highest BCUT2D eigenvalue weighted by molar-refractivity contribution is 4.80. The summed E-state index contributed by atoms with van der Waals surface area (Å²) in [7, 11) is 2.20. The highest BCUT2D eigenvalue weighted by atomic mass is 15.1. The van der Waals surface area contributed by atoms with E-state index in [0.717, 1.165) is 12.6 Å². The first-order chi connectivity index (χ1) is 4.75. The molecule has 1 heterocycles. The molecule has 2 nitrogen and oxygen atoms in total. The van der Waals surface area contributed by atoms with E-state index in [2.05, 4.69) is 18.9 Å². The van der Waals surface area contributed by atoms with Crippen LogP contribution in [0, 0.1) is 5.92 Å². The fraction of sp³-hybridized carbons (Fsp3) is 1.00. The molecule has 1 rings (SSSR count). The van der Waals surface area contributed by atoms with Gasteiger partial charge in [0.25, 0.3) is 0 Å². The van der Waals surface area contributed by atoms with E-state index in [1.165, 1.54) is 19.4 Å². The van der Waals surface area contributed by atoms with Crippen molar-refractivity contribution in [2.24, 2.45) is 11.7 Å². The van der Waals surface area contributed by atoms with Gasteiger partial charge in [-0.2, -0.15) is 0 Å². The normalized spacial score (nSPS) is 30.9. The first-order valence-corrected chi connectivity index (χ1v) is 4.16. The molecular formula is C8H18N2. The van der Waals surface area contributed by atoms with Crippen LogP contribution in [0.1, 0.15) is 19.8 Å². The van der Waals surface area contributed by atoms with Gasteiger partial charge in [0.1, 0.15) is 0 Å². The Hall–Kier alpha value is -0.0800. The Morgan fingerprint density at radius 3 is 2.80 bits per heavy atom. The summed E-state index contributed by atoms with van der Waals surface area (Å²) in [5, 5.41) is 0. The minimum absolute atomic E-state index is 0.674. The van der Waals surface area contributed by atoms with Crippen LogP contribution in [0.4, 0.5) is 0 Å². The third-order valence-electron chi connectivity index (χ3n) is 2.61. The van der Waals surface area contributed by atoms with Crippen LogP contribution in [-0.2, 0) is 0 Å². The van der Waals surface area contributed by atoms with E-state index in [0.29, 0.717) is 5.92 Å². The van der Waals surface area contributed by atoms with Crippen LogP contribution in [0.2, 0.25) is 0 Å². The zero-order valence-corrected chi connectivity index (χ0v) is 7.01. The number of hydrogen-bond donors (Lipinski definition) is 1. The Bertz CT molecular complexity index is 103. The van der Waals surface area contributed by atoms with Gasteiger partial charge in [0.05, 0.1) is 0 Å². The van der Waals surface area contributed by atoms with Gasteiger partial charge < -0.3 is 10.6 Å². The summed E-state index contributed by atoms with van der Waals surface area (Å²) >= 11 is 0. The summed E-state index contributed by atoms with van der Waals surface area (Å²) in [6.07, 6.45) is 2.69. The maximum Gasteiger partial charge on any atom is 0.0130 e. The molecule has 1 aliphatic rings. The fourth-order valence-corrected chi connectivity index (χ4v) is 1.81. The summed E-state index contributed by atoms with van der Waals surface area (Å²) in [6, 6.07) is 0.755. The lowest BCUT2D eigenvalue weighted by Gasteiger charge is -2.24. The molecule has 0 aliphatic carbocycles. The zero-order valence-electron chi connectivity index (χ0n) is 7.01. The first kappa shape index (κ1) is 8.02. The van der Waals surface area contributed by atoms with Crippen molar-refractivity contribution in [3.63, 3.8) is 0 Å². The van der Waals surface area contributed by atoms with Crippen LogP contribution in [-0.4, -0.2) is 31.1 Å². The van der Waals surface area contributed by atoms with E-state index in [-0.39, 0.29) is 0 Å². The maximum absolute atomic E-state index is 5.59. The molecule has 0 aromatic rings. The van der Waals surface area contributed by atoms with E-state index in [1.54, 1.807) is 0 Å². The van der Waals surface area contributed by atoms with Gasteiger partial charge in [-0.3, -0.25) is 0 Å². The topological polar surface area (TPSA) is 29.3 Å². The van der Waals surface area contributed by atoms with Crippen molar-refractivity contribution >= 4 is 0 Å². The predicted octanol–water partition coefficient (Wildman–Crippen LogP) is 0.675. The summed E-state index contributed by atoms with van der Waals surface area (Å²) < 4.78 is 0. The van der Waals surface area contributed by atoms with E-state index in [1.807, 2.05) is 0 Å². The summed E-state index contributed by atoms with van der Waals surface area (Å²) in [6.45, 7) is 4.33. The number of nitrogens with two attached hydrogens (primary N) is 1. The van der Waals surface area contributed by atoms with Gasteiger partial charge in [-0.15, -0.1) is 0 Å². The quantitative estimate of drug-likeness (QED) is 0.614. The molecule has 0 spiro atoms. The van der Waals surface area contributed by atoms with Gasteiger partial charge >= 0.3 is 0 Å². The average Bonchev–Trinajstić information content (AvgIpc) is 2.34. The Morgan fingerprint density at radius 2 is 2.40 bits per heavy atom. The standard InChI is InChI=1S/C8H18N2/c1-7(6-9)8-4-3-5-10(8)2/h7-8H,3-6,9H2,1-2H3/t7-,8-/m1/s1. The van der Waals surface area contributed by atoms with Gasteiger partial charge in [0.2, 0.25) is 0 Å². The Balaban J connectivity index is 2.38. The van der Waals surface area contributed by atoms with Crippen molar-refractivity contribution in [2.45, 2.75) is 25.8 Å². The van der Waals surface area contributed by atoms with Crippen LogP contribution in [0.5, 0.6) is 0 Å². The van der Waals surface area contributed by atoms with Crippen LogP contribution < -0.4 is 5.73 Å². The Labute approximate surface area is 63.4 Å². The van der Waals surface area contributed by atoms with Crippen LogP contribution in [0.15, 0.2) is 0 Å². The SMILES string of the molecule is C[C@H](CN)[C@H]1CCCN1C. The summed E-state index contributed by atoms with van der Waals surface area (Å²) in [5.74, 6) is 0.674. The van der Waals surface area contributed by atoms with E-state index < -0.39 is 0 Å². The third-order valence-corrected chi connectivity index (χ3v) is 2.61. The minimum Gasteiger partial charge on any atom is -0.330 e. The molecule has 60 valence electrons. The zero-order chi connectivity index (χ0) is 7.56. The smallest absolute Gasteiger partial charge is 0.0130 e. The minimum atomic E-state index is 0.674. The Kier molecular flexibility index (Phi) is 2.69. The van der Waals surface area contributed by atoms with Gasteiger partial charge in [-0.05, 0) is 38.9 Å². The molecule has 0 amide bonds. The molecule has 0 bridgehead atoms. The second kappa shape index (κ2) is 3.35. The van der Waals surface area contributed by atoms with Crippen molar-refractivity contribution in [2.75, 3.05) is 20.1 Å². The van der Waals surface area contributed by atoms with Crippen molar-refractivity contribution < 1.29 is 0 Å². The molecule has 1 saturated heterocycles. The molecule has 2 heteroatoms. The monoisotopic (exact) mass is 142 g/mol. The number of nitrogens with zero attached hydrogens (tertiary/aromatic N) is 1. The molecular weight excluding hydrogens is 124 g/mol. The highest BCUT2D eigenvalue weighted by Gasteiger charge is 2.24. The molecule has 1 aliphatic heterocycles. The van der Waals surface area contributed by atoms with Crippen molar-refractivity contribution in [1.29, 1.82) is 0 Å². The van der Waals surface area contributed by atoms with Crippen molar-refractivity contribution in [3.05, 3.63) is 0 Å². The average molecular weight is 142 g/mol. The number of hydrogen-bond acceptors (Lipinski definition) is 2. The fourth-order valence-electron chi connectivity index (χ4n) is 1.81. The molecule has 10 heavy (non-hydrogen) atoms. The van der Waals surface area contributed by atoms with Crippen molar-refractivity contribution in [1.82, 2.24) is 4.90 Å². The summed E-state index contributed by atoms with van der Waals surface area (Å²) in [5.41, 5.74) is 5.59. The summed E-state index contributed by atoms with van der Waals surface area (Å²) in [4.78, 5) is 2.43.